The Bertz CT molecular complexity index is 899. The first kappa shape index (κ1) is 19.8. The second-order valence-corrected chi connectivity index (χ2v) is 6.18. The summed E-state index contributed by atoms with van der Waals surface area (Å²) in [4.78, 5) is 26.3. The van der Waals surface area contributed by atoms with Crippen LogP contribution in [-0.4, -0.2) is 48.5 Å². The molecule has 1 aliphatic heterocycles. The van der Waals surface area contributed by atoms with E-state index in [2.05, 4.69) is 0 Å². The number of esters is 1. The maximum atomic E-state index is 12.4. The fraction of sp³-hybridized carbons (Fsp3) is 0.350. The first-order valence-electron chi connectivity index (χ1n) is 8.62. The third-order valence-electron chi connectivity index (χ3n) is 4.83. The number of ether oxygens (including phenoxy) is 3. The van der Waals surface area contributed by atoms with Crippen molar-refractivity contribution in [2.24, 2.45) is 0 Å². The van der Waals surface area contributed by atoms with Crippen molar-refractivity contribution in [3.8, 4) is 11.5 Å². The van der Waals surface area contributed by atoms with Gasteiger partial charge in [-0.2, -0.15) is 0 Å². The van der Waals surface area contributed by atoms with Gasteiger partial charge in [-0.15, -0.1) is 0 Å². The number of carbonyl (C=O) groups is 1. The lowest BCUT2D eigenvalue weighted by Crippen LogP contribution is -2.28. The van der Waals surface area contributed by atoms with E-state index in [1.165, 1.54) is 14.2 Å². The molecule has 0 atom stereocenters. The minimum atomic E-state index is -0.430. The van der Waals surface area contributed by atoms with Crippen LogP contribution in [0, 0.1) is 0 Å². The summed E-state index contributed by atoms with van der Waals surface area (Å²) in [7, 11) is 9.81. The number of methoxy groups -OCH3 is 3. The molecule has 1 aliphatic rings. The van der Waals surface area contributed by atoms with Crippen LogP contribution in [-0.2, 0) is 21.1 Å². The molecule has 0 fully saturated rings. The molecule has 0 aromatic heterocycles. The summed E-state index contributed by atoms with van der Waals surface area (Å²) in [6, 6.07) is 7.23. The Labute approximate surface area is 164 Å². The van der Waals surface area contributed by atoms with E-state index in [4.69, 9.17) is 24.0 Å². The second kappa shape index (κ2) is 7.95. The smallest absolute Gasteiger partial charge is 0.340 e. The van der Waals surface area contributed by atoms with Crippen LogP contribution in [0.2, 0.25) is 0 Å². The number of fused-ring (bicyclic) bond motifs is 2. The molecule has 0 aliphatic carbocycles. The van der Waals surface area contributed by atoms with Crippen molar-refractivity contribution in [2.75, 3.05) is 52.3 Å². The molecule has 8 heteroatoms. The number of hydrogen-bond acceptors (Lipinski definition) is 8. The van der Waals surface area contributed by atoms with Gasteiger partial charge in [0.15, 0.2) is 0 Å². The van der Waals surface area contributed by atoms with Crippen molar-refractivity contribution in [3.63, 3.8) is 0 Å². The molecule has 8 nitrogen and oxygen atoms in total. The van der Waals surface area contributed by atoms with Crippen molar-refractivity contribution in [3.05, 3.63) is 35.4 Å². The SMILES string of the molecule is COOCc1ccc(OC)c2c1N(C)c1c(OC)ccc(C(=O)OC)c1N2C. The molecular formula is C20H24N2O6. The van der Waals surface area contributed by atoms with Crippen molar-refractivity contribution in [1.82, 2.24) is 0 Å². The largest absolute Gasteiger partial charge is 0.494 e. The molecule has 3 rings (SSSR count). The summed E-state index contributed by atoms with van der Waals surface area (Å²) in [5.74, 6) is 0.860. The first-order valence-corrected chi connectivity index (χ1v) is 8.62. The van der Waals surface area contributed by atoms with E-state index < -0.39 is 5.97 Å². The summed E-state index contributed by atoms with van der Waals surface area (Å²) in [5.41, 5.74) is 4.40. The van der Waals surface area contributed by atoms with Crippen LogP contribution < -0.4 is 19.3 Å². The van der Waals surface area contributed by atoms with E-state index in [9.17, 15) is 4.79 Å². The van der Waals surface area contributed by atoms with Gasteiger partial charge >= 0.3 is 5.97 Å². The van der Waals surface area contributed by atoms with Gasteiger partial charge in [0.25, 0.3) is 0 Å². The highest BCUT2D eigenvalue weighted by molar-refractivity contribution is 6.07. The Morgan fingerprint density at radius 3 is 1.96 bits per heavy atom. The first-order chi connectivity index (χ1) is 13.5. The maximum absolute atomic E-state index is 12.4. The molecule has 0 unspecified atom stereocenters. The van der Waals surface area contributed by atoms with Gasteiger partial charge in [0.2, 0.25) is 0 Å². The van der Waals surface area contributed by atoms with Crippen LogP contribution in [0.4, 0.5) is 22.7 Å². The van der Waals surface area contributed by atoms with Gasteiger partial charge in [0.05, 0.1) is 45.4 Å². The van der Waals surface area contributed by atoms with Crippen LogP contribution in [0.1, 0.15) is 15.9 Å². The molecule has 0 radical (unpaired) electrons. The zero-order valence-electron chi connectivity index (χ0n) is 16.9. The molecule has 0 amide bonds. The van der Waals surface area contributed by atoms with Gasteiger partial charge in [0, 0.05) is 19.7 Å². The molecule has 1 heterocycles. The molecule has 0 bridgehead atoms. The molecule has 150 valence electrons. The molecule has 28 heavy (non-hydrogen) atoms. The highest BCUT2D eigenvalue weighted by Crippen LogP contribution is 2.56. The highest BCUT2D eigenvalue weighted by atomic mass is 17.2. The van der Waals surface area contributed by atoms with E-state index in [0.29, 0.717) is 22.7 Å². The van der Waals surface area contributed by atoms with Crippen LogP contribution in [0.15, 0.2) is 24.3 Å². The summed E-state index contributed by atoms with van der Waals surface area (Å²) < 4.78 is 16.2. The molecule has 0 spiro atoms. The van der Waals surface area contributed by atoms with Gasteiger partial charge in [0.1, 0.15) is 29.5 Å². The van der Waals surface area contributed by atoms with Crippen molar-refractivity contribution in [1.29, 1.82) is 0 Å². The topological polar surface area (TPSA) is 69.7 Å². The summed E-state index contributed by atoms with van der Waals surface area (Å²) in [6.45, 7) is 0.245. The Balaban J connectivity index is 2.32. The van der Waals surface area contributed by atoms with Gasteiger partial charge in [-0.1, -0.05) is 6.07 Å². The van der Waals surface area contributed by atoms with E-state index in [0.717, 1.165) is 22.6 Å². The van der Waals surface area contributed by atoms with Gasteiger partial charge in [-0.3, -0.25) is 0 Å². The fourth-order valence-electron chi connectivity index (χ4n) is 3.59. The Hall–Kier alpha value is -2.97. The van der Waals surface area contributed by atoms with Crippen LogP contribution >= 0.6 is 0 Å². The second-order valence-electron chi connectivity index (χ2n) is 6.18. The molecule has 2 aromatic rings. The van der Waals surface area contributed by atoms with Crippen LogP contribution in [0.3, 0.4) is 0 Å². The lowest BCUT2D eigenvalue weighted by molar-refractivity contribution is -0.282. The third kappa shape index (κ3) is 3.00. The van der Waals surface area contributed by atoms with E-state index in [1.807, 2.05) is 36.0 Å². The number of anilines is 4. The van der Waals surface area contributed by atoms with Crippen molar-refractivity contribution >= 4 is 28.7 Å². The lowest BCUT2D eigenvalue weighted by Gasteiger charge is -2.40. The molecule has 0 saturated heterocycles. The number of carbonyl (C=O) groups excluding carboxylic acids is 1. The highest BCUT2D eigenvalue weighted by Gasteiger charge is 2.35. The van der Waals surface area contributed by atoms with Gasteiger partial charge < -0.3 is 24.0 Å². The molecule has 0 saturated carbocycles. The Kier molecular flexibility index (Phi) is 5.62. The van der Waals surface area contributed by atoms with E-state index in [1.54, 1.807) is 26.4 Å². The Morgan fingerprint density at radius 2 is 1.39 bits per heavy atom. The van der Waals surface area contributed by atoms with Gasteiger partial charge in [-0.25, -0.2) is 14.6 Å². The average molecular weight is 388 g/mol. The maximum Gasteiger partial charge on any atom is 0.340 e. The minimum absolute atomic E-state index is 0.245. The predicted molar refractivity (Wildman–Crippen MR) is 105 cm³/mol. The lowest BCUT2D eigenvalue weighted by atomic mass is 10.00. The molecule has 2 aromatic carbocycles. The predicted octanol–water partition coefficient (Wildman–Crippen LogP) is 3.42. The molecule has 0 N–H and O–H groups in total. The van der Waals surface area contributed by atoms with Crippen LogP contribution in [0.5, 0.6) is 11.5 Å². The van der Waals surface area contributed by atoms with Crippen molar-refractivity contribution in [2.45, 2.75) is 6.61 Å². The van der Waals surface area contributed by atoms with Gasteiger partial charge in [-0.05, 0) is 18.2 Å². The number of nitrogens with zero attached hydrogens (tertiary/aromatic N) is 2. The normalized spacial score (nSPS) is 12.4. The fourth-order valence-corrected chi connectivity index (χ4v) is 3.59. The minimum Gasteiger partial charge on any atom is -0.494 e. The monoisotopic (exact) mass is 388 g/mol. The number of hydrogen-bond donors (Lipinski definition) is 0. The average Bonchev–Trinajstić information content (AvgIpc) is 2.73. The quantitative estimate of drug-likeness (QED) is 0.424. The summed E-state index contributed by atoms with van der Waals surface area (Å²) in [6.07, 6.45) is 0. The van der Waals surface area contributed by atoms with Crippen LogP contribution in [0.25, 0.3) is 0 Å². The standard InChI is InChI=1S/C20H24N2O6/c1-21-16-12(11-28-27-6)7-9-14(24-3)18(16)22(2)17-13(20(23)26-5)8-10-15(25-4)19(17)21/h7-10H,11H2,1-6H3. The number of rotatable bonds is 6. The summed E-state index contributed by atoms with van der Waals surface area (Å²) in [5, 5.41) is 0. The van der Waals surface area contributed by atoms with Crippen molar-refractivity contribution < 1.29 is 28.8 Å². The third-order valence-corrected chi connectivity index (χ3v) is 4.83. The zero-order chi connectivity index (χ0) is 20.4. The molecular weight excluding hydrogens is 364 g/mol. The van der Waals surface area contributed by atoms with E-state index in [-0.39, 0.29) is 6.61 Å². The van der Waals surface area contributed by atoms with E-state index >= 15 is 0 Å². The Morgan fingerprint density at radius 1 is 0.821 bits per heavy atom. The number of benzene rings is 2. The summed E-state index contributed by atoms with van der Waals surface area (Å²) >= 11 is 0. The zero-order valence-corrected chi connectivity index (χ0v) is 16.9.